The SMILES string of the molecule is CCCCCCCCCCCC(S)CCO. The van der Waals surface area contributed by atoms with Crippen LogP contribution in [0.2, 0.25) is 0 Å². The fraction of sp³-hybridized carbons (Fsp3) is 1.00. The molecule has 0 aromatic carbocycles. The van der Waals surface area contributed by atoms with Gasteiger partial charge in [-0.1, -0.05) is 64.7 Å². The van der Waals surface area contributed by atoms with Crippen LogP contribution in [-0.4, -0.2) is 17.0 Å². The maximum Gasteiger partial charge on any atom is 0.0441 e. The number of unbranched alkanes of at least 4 members (excludes halogenated alkanes) is 8. The lowest BCUT2D eigenvalue weighted by atomic mass is 10.1. The van der Waals surface area contributed by atoms with Crippen LogP contribution in [0.4, 0.5) is 0 Å². The van der Waals surface area contributed by atoms with Gasteiger partial charge in [-0.3, -0.25) is 0 Å². The highest BCUT2D eigenvalue weighted by molar-refractivity contribution is 7.80. The number of hydrogen-bond acceptors (Lipinski definition) is 2. The van der Waals surface area contributed by atoms with E-state index in [-0.39, 0.29) is 6.61 Å². The van der Waals surface area contributed by atoms with E-state index in [2.05, 4.69) is 19.6 Å². The smallest absolute Gasteiger partial charge is 0.0441 e. The second kappa shape index (κ2) is 13.4. The lowest BCUT2D eigenvalue weighted by Crippen LogP contribution is -2.01. The van der Waals surface area contributed by atoms with Crippen molar-refractivity contribution in [1.29, 1.82) is 0 Å². The van der Waals surface area contributed by atoms with Gasteiger partial charge >= 0.3 is 0 Å². The Balaban J connectivity index is 2.98. The third-order valence-corrected chi connectivity index (χ3v) is 3.62. The first-order valence-corrected chi connectivity index (χ1v) is 7.61. The predicted octanol–water partition coefficient (Wildman–Crippen LogP) is 4.59. The first kappa shape index (κ1) is 16.3. The summed E-state index contributed by atoms with van der Waals surface area (Å²) >= 11 is 4.43. The van der Waals surface area contributed by atoms with E-state index in [9.17, 15) is 0 Å². The number of aliphatic hydroxyl groups is 1. The minimum absolute atomic E-state index is 0.283. The van der Waals surface area contributed by atoms with Gasteiger partial charge in [-0.15, -0.1) is 0 Å². The van der Waals surface area contributed by atoms with Crippen LogP contribution < -0.4 is 0 Å². The van der Waals surface area contributed by atoms with Gasteiger partial charge in [0.05, 0.1) is 0 Å². The Morgan fingerprint density at radius 1 is 0.812 bits per heavy atom. The molecule has 98 valence electrons. The molecule has 0 spiro atoms. The molecule has 0 fully saturated rings. The van der Waals surface area contributed by atoms with Crippen LogP contribution in [0.25, 0.3) is 0 Å². The summed E-state index contributed by atoms with van der Waals surface area (Å²) in [6.07, 6.45) is 14.4. The zero-order valence-corrected chi connectivity index (χ0v) is 11.9. The average molecular weight is 246 g/mol. The number of rotatable bonds is 12. The molecule has 0 aliphatic carbocycles. The van der Waals surface area contributed by atoms with E-state index in [1.807, 2.05) is 0 Å². The molecule has 0 heterocycles. The molecule has 0 saturated heterocycles. The molecule has 1 N–H and O–H groups in total. The van der Waals surface area contributed by atoms with Gasteiger partial charge in [0, 0.05) is 11.9 Å². The summed E-state index contributed by atoms with van der Waals surface area (Å²) in [5.74, 6) is 0. The minimum atomic E-state index is 0.283. The molecule has 0 amide bonds. The summed E-state index contributed by atoms with van der Waals surface area (Å²) in [4.78, 5) is 0. The monoisotopic (exact) mass is 246 g/mol. The van der Waals surface area contributed by atoms with Gasteiger partial charge in [0.1, 0.15) is 0 Å². The van der Waals surface area contributed by atoms with Crippen LogP contribution in [0.1, 0.15) is 77.6 Å². The number of aliphatic hydroxyl groups excluding tert-OH is 1. The Morgan fingerprint density at radius 3 is 1.81 bits per heavy atom. The molecule has 0 aliphatic heterocycles. The lowest BCUT2D eigenvalue weighted by Gasteiger charge is -2.08. The molecule has 16 heavy (non-hydrogen) atoms. The van der Waals surface area contributed by atoms with E-state index in [0.29, 0.717) is 5.25 Å². The molecule has 0 radical (unpaired) electrons. The molecule has 2 heteroatoms. The van der Waals surface area contributed by atoms with Gasteiger partial charge in [-0.25, -0.2) is 0 Å². The Labute approximate surface area is 107 Å². The molecular formula is C14H30OS. The molecule has 0 aliphatic rings. The zero-order chi connectivity index (χ0) is 12.1. The van der Waals surface area contributed by atoms with Crippen molar-refractivity contribution in [3.05, 3.63) is 0 Å². The van der Waals surface area contributed by atoms with Crippen LogP contribution in [0, 0.1) is 0 Å². The fourth-order valence-electron chi connectivity index (χ4n) is 1.98. The van der Waals surface area contributed by atoms with E-state index in [4.69, 9.17) is 5.11 Å². The largest absolute Gasteiger partial charge is 0.396 e. The first-order valence-electron chi connectivity index (χ1n) is 7.10. The number of thiol groups is 1. The van der Waals surface area contributed by atoms with Crippen LogP contribution in [0.3, 0.4) is 0 Å². The van der Waals surface area contributed by atoms with E-state index >= 15 is 0 Å². The summed E-state index contributed by atoms with van der Waals surface area (Å²) in [5, 5.41) is 9.14. The van der Waals surface area contributed by atoms with Crippen molar-refractivity contribution in [3.63, 3.8) is 0 Å². The normalized spacial score (nSPS) is 12.9. The molecule has 0 rings (SSSR count). The molecule has 0 aromatic heterocycles. The Hall–Kier alpha value is 0.310. The predicted molar refractivity (Wildman–Crippen MR) is 76.3 cm³/mol. The van der Waals surface area contributed by atoms with E-state index in [1.165, 1.54) is 64.2 Å². The third kappa shape index (κ3) is 12.4. The molecule has 1 unspecified atom stereocenters. The molecule has 1 atom stereocenters. The topological polar surface area (TPSA) is 20.2 Å². The van der Waals surface area contributed by atoms with Crippen molar-refractivity contribution in [3.8, 4) is 0 Å². The fourth-order valence-corrected chi connectivity index (χ4v) is 2.28. The van der Waals surface area contributed by atoms with E-state index < -0.39 is 0 Å². The van der Waals surface area contributed by atoms with Crippen LogP contribution in [0.15, 0.2) is 0 Å². The summed E-state index contributed by atoms with van der Waals surface area (Å²) in [6, 6.07) is 0. The van der Waals surface area contributed by atoms with Gasteiger partial charge in [0.2, 0.25) is 0 Å². The maximum absolute atomic E-state index is 8.73. The Morgan fingerprint density at radius 2 is 1.31 bits per heavy atom. The van der Waals surface area contributed by atoms with Gasteiger partial charge in [-0.05, 0) is 12.8 Å². The van der Waals surface area contributed by atoms with Crippen molar-refractivity contribution in [2.24, 2.45) is 0 Å². The Kier molecular flexibility index (Phi) is 13.6. The summed E-state index contributed by atoms with van der Waals surface area (Å²) in [5.41, 5.74) is 0. The van der Waals surface area contributed by atoms with Crippen LogP contribution in [0.5, 0.6) is 0 Å². The quantitative estimate of drug-likeness (QED) is 0.381. The highest BCUT2D eigenvalue weighted by atomic mass is 32.1. The molecule has 0 bridgehead atoms. The maximum atomic E-state index is 8.73. The molecule has 0 saturated carbocycles. The van der Waals surface area contributed by atoms with E-state index in [0.717, 1.165) is 6.42 Å². The van der Waals surface area contributed by atoms with Crippen molar-refractivity contribution < 1.29 is 5.11 Å². The van der Waals surface area contributed by atoms with Crippen LogP contribution >= 0.6 is 12.6 Å². The summed E-state index contributed by atoms with van der Waals surface area (Å²) in [6.45, 7) is 2.55. The second-order valence-electron chi connectivity index (χ2n) is 4.78. The van der Waals surface area contributed by atoms with Crippen molar-refractivity contribution in [1.82, 2.24) is 0 Å². The summed E-state index contributed by atoms with van der Waals surface area (Å²) < 4.78 is 0. The third-order valence-electron chi connectivity index (χ3n) is 3.10. The highest BCUT2D eigenvalue weighted by Crippen LogP contribution is 2.14. The highest BCUT2D eigenvalue weighted by Gasteiger charge is 2.01. The molecular weight excluding hydrogens is 216 g/mol. The van der Waals surface area contributed by atoms with Crippen LogP contribution in [-0.2, 0) is 0 Å². The van der Waals surface area contributed by atoms with Gasteiger partial charge < -0.3 is 5.11 Å². The second-order valence-corrected chi connectivity index (χ2v) is 5.51. The van der Waals surface area contributed by atoms with Gasteiger partial charge in [0.25, 0.3) is 0 Å². The average Bonchev–Trinajstić information content (AvgIpc) is 2.27. The van der Waals surface area contributed by atoms with Gasteiger partial charge in [-0.2, -0.15) is 12.6 Å². The van der Waals surface area contributed by atoms with Gasteiger partial charge in [0.15, 0.2) is 0 Å². The lowest BCUT2D eigenvalue weighted by molar-refractivity contribution is 0.285. The summed E-state index contributed by atoms with van der Waals surface area (Å²) in [7, 11) is 0. The Bertz CT molecular complexity index is 128. The van der Waals surface area contributed by atoms with Crippen molar-refractivity contribution in [2.75, 3.05) is 6.61 Å². The molecule has 0 aromatic rings. The van der Waals surface area contributed by atoms with Crippen molar-refractivity contribution >= 4 is 12.6 Å². The molecule has 1 nitrogen and oxygen atoms in total. The minimum Gasteiger partial charge on any atom is -0.396 e. The standard InChI is InChI=1S/C14H30OS/c1-2-3-4-5-6-7-8-9-10-11-14(16)12-13-15/h14-16H,2-13H2,1H3. The zero-order valence-electron chi connectivity index (χ0n) is 11.0. The first-order chi connectivity index (χ1) is 7.81. The van der Waals surface area contributed by atoms with E-state index in [1.54, 1.807) is 0 Å². The van der Waals surface area contributed by atoms with Crippen molar-refractivity contribution in [2.45, 2.75) is 82.8 Å². The number of hydrogen-bond donors (Lipinski definition) is 2.